The highest BCUT2D eigenvalue weighted by Gasteiger charge is 2.27. The molecule has 2 aliphatic rings. The summed E-state index contributed by atoms with van der Waals surface area (Å²) in [6.07, 6.45) is 0.363. The summed E-state index contributed by atoms with van der Waals surface area (Å²) in [6, 6.07) is 7.87. The highest BCUT2D eigenvalue weighted by molar-refractivity contribution is 8.16. The number of nitrogens with one attached hydrogen (secondary N) is 1. The Morgan fingerprint density at radius 3 is 3.19 bits per heavy atom. The van der Waals surface area contributed by atoms with Crippen LogP contribution in [-0.2, 0) is 4.79 Å². The minimum absolute atomic E-state index is 0.0333. The van der Waals surface area contributed by atoms with Crippen molar-refractivity contribution in [3.8, 4) is 0 Å². The number of fused-ring (bicyclic) bond motifs is 2. The van der Waals surface area contributed by atoms with Gasteiger partial charge in [-0.15, -0.1) is 0 Å². The summed E-state index contributed by atoms with van der Waals surface area (Å²) in [5.41, 5.74) is 1.94. The van der Waals surface area contributed by atoms with Crippen LogP contribution in [0.5, 0.6) is 0 Å². The molecule has 0 bridgehead atoms. The fourth-order valence-corrected chi connectivity index (χ4v) is 4.20. The Hall–Kier alpha value is -1.86. The van der Waals surface area contributed by atoms with Crippen LogP contribution in [0.1, 0.15) is 6.42 Å². The molecule has 0 spiro atoms. The maximum absolute atomic E-state index is 12.2. The van der Waals surface area contributed by atoms with Crippen LogP contribution in [0.15, 0.2) is 40.4 Å². The average Bonchev–Trinajstić information content (AvgIpc) is 3.14. The topological polar surface area (TPSA) is 57.6 Å². The summed E-state index contributed by atoms with van der Waals surface area (Å²) in [6.45, 7) is 1.70. The molecule has 0 unspecified atom stereocenters. The van der Waals surface area contributed by atoms with Crippen LogP contribution >= 0.6 is 23.1 Å². The Balaban J connectivity index is 1.45. The van der Waals surface area contributed by atoms with Crippen LogP contribution in [0.3, 0.4) is 0 Å². The lowest BCUT2D eigenvalue weighted by Gasteiger charge is -2.15. The third-order valence-electron chi connectivity index (χ3n) is 3.33. The first-order valence-corrected chi connectivity index (χ1v) is 8.32. The minimum Gasteiger partial charge on any atom is -0.322 e. The van der Waals surface area contributed by atoms with Crippen molar-refractivity contribution in [1.82, 2.24) is 9.88 Å². The standard InChI is InChI=1S/C14H12N4OS2/c19-12(7-9-8-20-14-15-5-6-18(9)14)17-13-16-10-3-1-2-4-11(10)21-13/h1-4,8H,5-7H2,(H,16,17,19). The Morgan fingerprint density at radius 2 is 2.29 bits per heavy atom. The number of aliphatic imine (C=N–C) groups is 1. The zero-order valence-corrected chi connectivity index (χ0v) is 12.7. The van der Waals surface area contributed by atoms with E-state index in [0.29, 0.717) is 11.6 Å². The fourth-order valence-electron chi connectivity index (χ4n) is 2.37. The van der Waals surface area contributed by atoms with Gasteiger partial charge in [0.1, 0.15) is 0 Å². The van der Waals surface area contributed by atoms with Crippen LogP contribution in [-0.4, -0.2) is 34.0 Å². The second-order valence-electron chi connectivity index (χ2n) is 4.75. The van der Waals surface area contributed by atoms with Gasteiger partial charge in [-0.3, -0.25) is 9.79 Å². The second kappa shape index (κ2) is 5.16. The predicted molar refractivity (Wildman–Crippen MR) is 87.5 cm³/mol. The van der Waals surface area contributed by atoms with Gasteiger partial charge in [0.2, 0.25) is 5.91 Å². The number of hydrogen-bond donors (Lipinski definition) is 1. The normalized spacial score (nSPS) is 16.9. The quantitative estimate of drug-likeness (QED) is 0.946. The van der Waals surface area contributed by atoms with Crippen molar-refractivity contribution in [3.05, 3.63) is 35.4 Å². The van der Waals surface area contributed by atoms with Gasteiger partial charge in [-0.1, -0.05) is 35.2 Å². The van der Waals surface area contributed by atoms with Crippen molar-refractivity contribution in [3.63, 3.8) is 0 Å². The molecule has 0 aliphatic carbocycles. The molecular weight excluding hydrogens is 304 g/mol. The highest BCUT2D eigenvalue weighted by atomic mass is 32.2. The van der Waals surface area contributed by atoms with Crippen LogP contribution < -0.4 is 5.32 Å². The third kappa shape index (κ3) is 2.43. The molecule has 1 aromatic heterocycles. The number of para-hydroxylation sites is 1. The maximum Gasteiger partial charge on any atom is 0.232 e. The first-order valence-electron chi connectivity index (χ1n) is 6.63. The number of aromatic nitrogens is 1. The van der Waals surface area contributed by atoms with E-state index < -0.39 is 0 Å². The summed E-state index contributed by atoms with van der Waals surface area (Å²) in [4.78, 5) is 23.1. The van der Waals surface area contributed by atoms with Gasteiger partial charge < -0.3 is 10.2 Å². The Kier molecular flexibility index (Phi) is 3.16. The molecule has 2 aliphatic heterocycles. The Labute approximate surface area is 129 Å². The molecule has 5 nitrogen and oxygen atoms in total. The number of rotatable bonds is 3. The molecule has 1 aromatic carbocycles. The van der Waals surface area contributed by atoms with E-state index in [2.05, 4.69) is 20.2 Å². The van der Waals surface area contributed by atoms with Crippen LogP contribution in [0.4, 0.5) is 5.13 Å². The summed E-state index contributed by atoms with van der Waals surface area (Å²) in [5.74, 6) is -0.0333. The van der Waals surface area contributed by atoms with Gasteiger partial charge in [-0.25, -0.2) is 4.98 Å². The Bertz CT molecular complexity index is 747. The molecule has 2 aromatic rings. The number of amidine groups is 1. The molecular formula is C14H12N4OS2. The molecule has 0 atom stereocenters. The van der Waals surface area contributed by atoms with Gasteiger partial charge in [0.25, 0.3) is 0 Å². The van der Waals surface area contributed by atoms with Crippen molar-refractivity contribution >= 4 is 49.5 Å². The number of hydrogen-bond acceptors (Lipinski definition) is 6. The van der Waals surface area contributed by atoms with Crippen molar-refractivity contribution < 1.29 is 4.79 Å². The molecule has 1 amide bonds. The van der Waals surface area contributed by atoms with Crippen molar-refractivity contribution in [2.45, 2.75) is 6.42 Å². The maximum atomic E-state index is 12.2. The number of anilines is 1. The molecule has 0 saturated carbocycles. The molecule has 0 fully saturated rings. The molecule has 106 valence electrons. The van der Waals surface area contributed by atoms with Crippen molar-refractivity contribution in [1.29, 1.82) is 0 Å². The van der Waals surface area contributed by atoms with Gasteiger partial charge in [0.05, 0.1) is 23.2 Å². The molecule has 21 heavy (non-hydrogen) atoms. The smallest absolute Gasteiger partial charge is 0.232 e. The van der Waals surface area contributed by atoms with E-state index in [-0.39, 0.29) is 5.91 Å². The number of carbonyl (C=O) groups excluding carboxylic acids is 1. The molecule has 4 rings (SSSR count). The van der Waals surface area contributed by atoms with E-state index in [1.807, 2.05) is 29.7 Å². The van der Waals surface area contributed by atoms with Gasteiger partial charge >= 0.3 is 0 Å². The zero-order chi connectivity index (χ0) is 14.2. The largest absolute Gasteiger partial charge is 0.322 e. The second-order valence-corrected chi connectivity index (χ2v) is 6.62. The average molecular weight is 316 g/mol. The third-order valence-corrected chi connectivity index (χ3v) is 5.23. The monoisotopic (exact) mass is 316 g/mol. The van der Waals surface area contributed by atoms with E-state index in [9.17, 15) is 4.79 Å². The number of benzene rings is 1. The summed E-state index contributed by atoms with van der Waals surface area (Å²) < 4.78 is 1.08. The van der Waals surface area contributed by atoms with Crippen LogP contribution in [0, 0.1) is 0 Å². The lowest BCUT2D eigenvalue weighted by molar-refractivity contribution is -0.115. The number of thiazole rings is 1. The molecule has 0 radical (unpaired) electrons. The summed E-state index contributed by atoms with van der Waals surface area (Å²) in [7, 11) is 0. The van der Waals surface area contributed by atoms with E-state index in [4.69, 9.17) is 0 Å². The lowest BCUT2D eigenvalue weighted by atomic mass is 10.3. The molecule has 7 heteroatoms. The number of thioether (sulfide) groups is 1. The first kappa shape index (κ1) is 12.8. The van der Waals surface area contributed by atoms with Gasteiger partial charge in [-0.05, 0) is 17.5 Å². The lowest BCUT2D eigenvalue weighted by Crippen LogP contribution is -2.24. The van der Waals surface area contributed by atoms with Gasteiger partial charge in [0, 0.05) is 12.2 Å². The number of carbonyl (C=O) groups is 1. The van der Waals surface area contributed by atoms with Gasteiger partial charge in [0.15, 0.2) is 10.3 Å². The SMILES string of the molecule is O=C(CC1=CSC2=NCCN12)Nc1nc2ccccc2s1. The van der Waals surface area contributed by atoms with Gasteiger partial charge in [-0.2, -0.15) is 0 Å². The predicted octanol–water partition coefficient (Wildman–Crippen LogP) is 2.88. The summed E-state index contributed by atoms with van der Waals surface area (Å²) in [5, 5.41) is 6.57. The summed E-state index contributed by atoms with van der Waals surface area (Å²) >= 11 is 3.09. The number of amides is 1. The molecule has 3 heterocycles. The zero-order valence-electron chi connectivity index (χ0n) is 11.1. The first-order chi connectivity index (χ1) is 10.3. The minimum atomic E-state index is -0.0333. The molecule has 0 saturated heterocycles. The fraction of sp³-hybridized carbons (Fsp3) is 0.214. The molecule has 1 N–H and O–H groups in total. The van der Waals surface area contributed by atoms with E-state index >= 15 is 0 Å². The van der Waals surface area contributed by atoms with E-state index in [1.165, 1.54) is 11.3 Å². The highest BCUT2D eigenvalue weighted by Crippen LogP contribution is 2.31. The van der Waals surface area contributed by atoms with E-state index in [1.54, 1.807) is 11.8 Å². The van der Waals surface area contributed by atoms with E-state index in [0.717, 1.165) is 34.2 Å². The van der Waals surface area contributed by atoms with Crippen LogP contribution in [0.2, 0.25) is 0 Å². The van der Waals surface area contributed by atoms with Crippen molar-refractivity contribution in [2.24, 2.45) is 4.99 Å². The number of nitrogens with zero attached hydrogens (tertiary/aromatic N) is 3. The Morgan fingerprint density at radius 1 is 1.38 bits per heavy atom. The van der Waals surface area contributed by atoms with Crippen molar-refractivity contribution in [2.75, 3.05) is 18.4 Å². The van der Waals surface area contributed by atoms with Crippen LogP contribution in [0.25, 0.3) is 10.2 Å².